The third kappa shape index (κ3) is 2.62. The number of likely N-dealkylation sites (tertiary alicyclic amines) is 1. The molecule has 0 bridgehead atoms. The lowest BCUT2D eigenvalue weighted by atomic mass is 10.0. The van der Waals surface area contributed by atoms with E-state index in [1.807, 2.05) is 0 Å². The molecule has 84 valence electrons. The van der Waals surface area contributed by atoms with Crippen molar-refractivity contribution in [1.82, 2.24) is 4.90 Å². The molecule has 1 aromatic rings. The SMILES string of the molecule is N#CCCCN1CCCC1c1ccccc1. The van der Waals surface area contributed by atoms with E-state index in [1.165, 1.54) is 24.9 Å². The number of benzene rings is 1. The monoisotopic (exact) mass is 214 g/mol. The summed E-state index contributed by atoms with van der Waals surface area (Å²) < 4.78 is 0. The molecule has 0 radical (unpaired) electrons. The summed E-state index contributed by atoms with van der Waals surface area (Å²) in [6, 6.07) is 13.5. The first kappa shape index (κ1) is 11.2. The van der Waals surface area contributed by atoms with Crippen LogP contribution in [0.25, 0.3) is 0 Å². The summed E-state index contributed by atoms with van der Waals surface area (Å²) in [6.45, 7) is 2.25. The third-order valence-corrected chi connectivity index (χ3v) is 3.28. The molecule has 0 spiro atoms. The van der Waals surface area contributed by atoms with Crippen LogP contribution in [0, 0.1) is 11.3 Å². The molecule has 1 atom stereocenters. The lowest BCUT2D eigenvalue weighted by Gasteiger charge is -2.24. The van der Waals surface area contributed by atoms with Crippen molar-refractivity contribution in [3.8, 4) is 6.07 Å². The van der Waals surface area contributed by atoms with Crippen molar-refractivity contribution >= 4 is 0 Å². The van der Waals surface area contributed by atoms with E-state index in [1.54, 1.807) is 0 Å². The van der Waals surface area contributed by atoms with Gasteiger partial charge in [0.25, 0.3) is 0 Å². The number of hydrogen-bond acceptors (Lipinski definition) is 2. The molecule has 2 rings (SSSR count). The highest BCUT2D eigenvalue weighted by atomic mass is 15.2. The summed E-state index contributed by atoms with van der Waals surface area (Å²) in [5.74, 6) is 0. The topological polar surface area (TPSA) is 27.0 Å². The van der Waals surface area contributed by atoms with Crippen LogP contribution in [0.5, 0.6) is 0 Å². The van der Waals surface area contributed by atoms with Crippen molar-refractivity contribution in [2.24, 2.45) is 0 Å². The minimum atomic E-state index is 0.583. The van der Waals surface area contributed by atoms with Crippen molar-refractivity contribution in [3.05, 3.63) is 35.9 Å². The van der Waals surface area contributed by atoms with Crippen LogP contribution in [0.15, 0.2) is 30.3 Å². The zero-order chi connectivity index (χ0) is 11.2. The largest absolute Gasteiger partial charge is 0.296 e. The van der Waals surface area contributed by atoms with Gasteiger partial charge in [-0.2, -0.15) is 5.26 Å². The lowest BCUT2D eigenvalue weighted by Crippen LogP contribution is -2.24. The van der Waals surface area contributed by atoms with E-state index in [2.05, 4.69) is 41.3 Å². The normalized spacial score (nSPS) is 20.8. The maximum Gasteiger partial charge on any atom is 0.0622 e. The Balaban J connectivity index is 1.96. The first-order valence-electron chi connectivity index (χ1n) is 6.08. The third-order valence-electron chi connectivity index (χ3n) is 3.28. The van der Waals surface area contributed by atoms with Crippen molar-refractivity contribution in [2.75, 3.05) is 13.1 Å². The van der Waals surface area contributed by atoms with Gasteiger partial charge in [-0.15, -0.1) is 0 Å². The van der Waals surface area contributed by atoms with Crippen LogP contribution in [-0.2, 0) is 0 Å². The molecular formula is C14H18N2. The van der Waals surface area contributed by atoms with Gasteiger partial charge >= 0.3 is 0 Å². The Kier molecular flexibility index (Phi) is 3.96. The average Bonchev–Trinajstić information content (AvgIpc) is 2.79. The molecule has 1 unspecified atom stereocenters. The van der Waals surface area contributed by atoms with Crippen LogP contribution in [-0.4, -0.2) is 18.0 Å². The second kappa shape index (κ2) is 5.67. The summed E-state index contributed by atoms with van der Waals surface area (Å²) >= 11 is 0. The Labute approximate surface area is 97.5 Å². The Morgan fingerprint density at radius 1 is 1.31 bits per heavy atom. The van der Waals surface area contributed by atoms with E-state index in [-0.39, 0.29) is 0 Å². The molecule has 1 aliphatic heterocycles. The second-order valence-electron chi connectivity index (χ2n) is 4.37. The maximum atomic E-state index is 8.55. The minimum absolute atomic E-state index is 0.583. The Morgan fingerprint density at radius 3 is 2.88 bits per heavy atom. The molecule has 1 saturated heterocycles. The maximum absolute atomic E-state index is 8.55. The van der Waals surface area contributed by atoms with E-state index >= 15 is 0 Å². The first-order valence-corrected chi connectivity index (χ1v) is 6.08. The summed E-state index contributed by atoms with van der Waals surface area (Å²) in [5, 5.41) is 8.55. The number of hydrogen-bond donors (Lipinski definition) is 0. The fourth-order valence-electron chi connectivity index (χ4n) is 2.51. The first-order chi connectivity index (χ1) is 7.92. The summed E-state index contributed by atoms with van der Waals surface area (Å²) in [4.78, 5) is 2.52. The van der Waals surface area contributed by atoms with Gasteiger partial charge in [0.15, 0.2) is 0 Å². The summed E-state index contributed by atoms with van der Waals surface area (Å²) in [6.07, 6.45) is 4.22. The molecule has 16 heavy (non-hydrogen) atoms. The zero-order valence-electron chi connectivity index (χ0n) is 9.60. The predicted octanol–water partition coefficient (Wildman–Crippen LogP) is 3.13. The van der Waals surface area contributed by atoms with Crippen LogP contribution < -0.4 is 0 Å². The molecule has 0 aromatic heterocycles. The molecule has 1 heterocycles. The fraction of sp³-hybridized carbons (Fsp3) is 0.500. The van der Waals surface area contributed by atoms with Crippen LogP contribution in [0.2, 0.25) is 0 Å². The van der Waals surface area contributed by atoms with Crippen molar-refractivity contribution in [1.29, 1.82) is 5.26 Å². The van der Waals surface area contributed by atoms with Crippen molar-refractivity contribution in [3.63, 3.8) is 0 Å². The van der Waals surface area contributed by atoms with Crippen LogP contribution in [0.3, 0.4) is 0 Å². The molecule has 0 aliphatic carbocycles. The van der Waals surface area contributed by atoms with Crippen LogP contribution >= 0.6 is 0 Å². The van der Waals surface area contributed by atoms with Gasteiger partial charge in [-0.1, -0.05) is 30.3 Å². The molecule has 1 aromatic carbocycles. The van der Waals surface area contributed by atoms with E-state index in [0.29, 0.717) is 12.5 Å². The quantitative estimate of drug-likeness (QED) is 0.720. The molecule has 1 fully saturated rings. The van der Waals surface area contributed by atoms with Gasteiger partial charge in [-0.25, -0.2) is 0 Å². The van der Waals surface area contributed by atoms with Gasteiger partial charge < -0.3 is 0 Å². The smallest absolute Gasteiger partial charge is 0.0622 e. The Hall–Kier alpha value is -1.33. The molecule has 0 saturated carbocycles. The number of rotatable bonds is 4. The van der Waals surface area contributed by atoms with Crippen molar-refractivity contribution in [2.45, 2.75) is 31.7 Å². The molecule has 0 amide bonds. The highest BCUT2D eigenvalue weighted by molar-refractivity contribution is 5.19. The van der Waals surface area contributed by atoms with Crippen molar-refractivity contribution < 1.29 is 0 Å². The average molecular weight is 214 g/mol. The minimum Gasteiger partial charge on any atom is -0.296 e. The fourth-order valence-corrected chi connectivity index (χ4v) is 2.51. The predicted molar refractivity (Wildman–Crippen MR) is 64.8 cm³/mol. The zero-order valence-corrected chi connectivity index (χ0v) is 9.60. The lowest BCUT2D eigenvalue weighted by molar-refractivity contribution is 0.255. The molecule has 2 nitrogen and oxygen atoms in total. The van der Waals surface area contributed by atoms with Gasteiger partial charge in [0.05, 0.1) is 6.07 Å². The standard InChI is InChI=1S/C14H18N2/c15-10-4-5-11-16-12-6-9-14(16)13-7-2-1-3-8-13/h1-3,7-8,14H,4-6,9,11-12H2. The van der Waals surface area contributed by atoms with Gasteiger partial charge in [0.1, 0.15) is 0 Å². The van der Waals surface area contributed by atoms with Gasteiger partial charge in [-0.05, 0) is 37.9 Å². The summed E-state index contributed by atoms with van der Waals surface area (Å²) in [7, 11) is 0. The molecule has 0 N–H and O–H groups in total. The number of nitriles is 1. The van der Waals surface area contributed by atoms with Crippen LogP contribution in [0.4, 0.5) is 0 Å². The molecule has 2 heteroatoms. The van der Waals surface area contributed by atoms with E-state index < -0.39 is 0 Å². The van der Waals surface area contributed by atoms with Gasteiger partial charge in [0.2, 0.25) is 0 Å². The number of unbranched alkanes of at least 4 members (excludes halogenated alkanes) is 1. The number of nitrogens with zero attached hydrogens (tertiary/aromatic N) is 2. The van der Waals surface area contributed by atoms with Gasteiger partial charge in [-0.3, -0.25) is 4.90 Å². The molecule has 1 aliphatic rings. The highest BCUT2D eigenvalue weighted by Crippen LogP contribution is 2.31. The Bertz CT molecular complexity index is 353. The van der Waals surface area contributed by atoms with E-state index in [9.17, 15) is 0 Å². The van der Waals surface area contributed by atoms with E-state index in [0.717, 1.165) is 13.0 Å². The van der Waals surface area contributed by atoms with Gasteiger partial charge in [0, 0.05) is 12.5 Å². The van der Waals surface area contributed by atoms with Crippen LogP contribution in [0.1, 0.15) is 37.3 Å². The van der Waals surface area contributed by atoms with E-state index in [4.69, 9.17) is 5.26 Å². The second-order valence-corrected chi connectivity index (χ2v) is 4.37. The molecular weight excluding hydrogens is 196 g/mol. The highest BCUT2D eigenvalue weighted by Gasteiger charge is 2.24. The Morgan fingerprint density at radius 2 is 2.12 bits per heavy atom. The summed E-state index contributed by atoms with van der Waals surface area (Å²) in [5.41, 5.74) is 1.43.